The standard InChI is InChI=1S/C39H47N3O3/c1-4-5-6-7-8-9-10-11-12-13-28-45-36-25-16-32(17-26-36)18-27-38(43)33-19-21-34(22-20-33)40-29-37-31(3)41-42(39(37)44)35-23-14-30(2)15-24-35/h14-27,29,37H,4-13,28H2,1-3H3/b27-18+,40-29?. The van der Waals surface area contributed by atoms with Crippen LogP contribution in [0.15, 0.2) is 89.0 Å². The number of carbonyl (C=O) groups excluding carboxylic acids is 2. The number of amides is 1. The maximum atomic E-state index is 13.0. The second-order valence-corrected chi connectivity index (χ2v) is 11.8. The third kappa shape index (κ3) is 10.7. The number of hydrogen-bond donors (Lipinski definition) is 0. The molecule has 6 nitrogen and oxygen atoms in total. The van der Waals surface area contributed by atoms with E-state index in [1.807, 2.05) is 68.5 Å². The van der Waals surface area contributed by atoms with Crippen LogP contribution in [-0.4, -0.2) is 30.2 Å². The number of rotatable bonds is 18. The summed E-state index contributed by atoms with van der Waals surface area (Å²) in [5.74, 6) is 0.112. The van der Waals surface area contributed by atoms with E-state index in [4.69, 9.17) is 4.74 Å². The van der Waals surface area contributed by atoms with Crippen molar-refractivity contribution in [3.05, 3.63) is 95.6 Å². The second kappa shape index (κ2) is 17.8. The van der Waals surface area contributed by atoms with Crippen LogP contribution in [0.4, 0.5) is 11.4 Å². The molecular formula is C39H47N3O3. The van der Waals surface area contributed by atoms with Gasteiger partial charge in [0.25, 0.3) is 5.91 Å². The first-order chi connectivity index (χ1) is 21.9. The van der Waals surface area contributed by atoms with Crippen molar-refractivity contribution < 1.29 is 14.3 Å². The van der Waals surface area contributed by atoms with E-state index < -0.39 is 5.92 Å². The summed E-state index contributed by atoms with van der Waals surface area (Å²) >= 11 is 0. The Balaban J connectivity index is 1.17. The molecule has 0 bridgehead atoms. The average molecular weight is 606 g/mol. The highest BCUT2D eigenvalue weighted by molar-refractivity contribution is 6.23. The van der Waals surface area contributed by atoms with Crippen molar-refractivity contribution in [3.63, 3.8) is 0 Å². The molecule has 6 heteroatoms. The van der Waals surface area contributed by atoms with E-state index in [9.17, 15) is 9.59 Å². The minimum atomic E-state index is -0.521. The van der Waals surface area contributed by atoms with E-state index in [0.717, 1.165) is 35.6 Å². The van der Waals surface area contributed by atoms with Gasteiger partial charge in [-0.3, -0.25) is 14.6 Å². The predicted octanol–water partition coefficient (Wildman–Crippen LogP) is 9.93. The molecule has 3 aromatic carbocycles. The lowest BCUT2D eigenvalue weighted by Crippen LogP contribution is -2.27. The number of anilines is 1. The first-order valence-electron chi connectivity index (χ1n) is 16.5. The lowest BCUT2D eigenvalue weighted by Gasteiger charge is -2.12. The number of benzene rings is 3. The summed E-state index contributed by atoms with van der Waals surface area (Å²) in [7, 11) is 0. The fourth-order valence-electron chi connectivity index (χ4n) is 5.22. The molecule has 4 rings (SSSR count). The van der Waals surface area contributed by atoms with Gasteiger partial charge in [-0.05, 0) is 80.4 Å². The molecule has 1 atom stereocenters. The number of carbonyl (C=O) groups is 2. The van der Waals surface area contributed by atoms with Gasteiger partial charge in [-0.15, -0.1) is 0 Å². The smallest absolute Gasteiger partial charge is 0.261 e. The van der Waals surface area contributed by atoms with E-state index in [1.54, 1.807) is 36.6 Å². The summed E-state index contributed by atoms with van der Waals surface area (Å²) in [6, 6.07) is 22.6. The zero-order valence-corrected chi connectivity index (χ0v) is 27.1. The van der Waals surface area contributed by atoms with Crippen molar-refractivity contribution in [2.24, 2.45) is 16.0 Å². The van der Waals surface area contributed by atoms with E-state index in [2.05, 4.69) is 17.0 Å². The van der Waals surface area contributed by atoms with E-state index in [-0.39, 0.29) is 11.7 Å². The second-order valence-electron chi connectivity index (χ2n) is 11.8. The van der Waals surface area contributed by atoms with Crippen molar-refractivity contribution in [1.29, 1.82) is 0 Å². The molecule has 1 aliphatic rings. The maximum absolute atomic E-state index is 13.0. The Bertz CT molecular complexity index is 1450. The fraction of sp³-hybridized carbons (Fsp3) is 0.385. The van der Waals surface area contributed by atoms with Gasteiger partial charge in [0.15, 0.2) is 5.78 Å². The molecule has 0 saturated carbocycles. The Kier molecular flexibility index (Phi) is 13.3. The van der Waals surface area contributed by atoms with Gasteiger partial charge in [0, 0.05) is 11.8 Å². The summed E-state index contributed by atoms with van der Waals surface area (Å²) in [5.41, 5.74) is 4.72. The molecule has 0 radical (unpaired) electrons. The van der Waals surface area contributed by atoms with Gasteiger partial charge in [-0.25, -0.2) is 0 Å². The number of unbranched alkanes of at least 4 members (excludes halogenated alkanes) is 9. The van der Waals surface area contributed by atoms with Crippen LogP contribution in [-0.2, 0) is 4.79 Å². The molecule has 1 aliphatic heterocycles. The first-order valence-corrected chi connectivity index (χ1v) is 16.5. The van der Waals surface area contributed by atoms with Gasteiger partial charge in [0.05, 0.1) is 23.7 Å². The highest BCUT2D eigenvalue weighted by Gasteiger charge is 2.33. The average Bonchev–Trinajstić information content (AvgIpc) is 3.34. The van der Waals surface area contributed by atoms with Gasteiger partial charge in [-0.2, -0.15) is 10.1 Å². The molecule has 0 N–H and O–H groups in total. The molecule has 0 aliphatic carbocycles. The Morgan fingerprint density at radius 1 is 0.822 bits per heavy atom. The first kappa shape index (κ1) is 33.6. The van der Waals surface area contributed by atoms with Crippen LogP contribution in [0, 0.1) is 12.8 Å². The molecule has 3 aromatic rings. The van der Waals surface area contributed by atoms with Crippen molar-refractivity contribution in [2.45, 2.75) is 85.0 Å². The zero-order valence-electron chi connectivity index (χ0n) is 27.1. The van der Waals surface area contributed by atoms with Crippen LogP contribution in [0.5, 0.6) is 5.75 Å². The van der Waals surface area contributed by atoms with Crippen molar-refractivity contribution >= 4 is 41.1 Å². The van der Waals surface area contributed by atoms with Crippen LogP contribution in [0.3, 0.4) is 0 Å². The van der Waals surface area contributed by atoms with Gasteiger partial charge in [0.1, 0.15) is 11.7 Å². The van der Waals surface area contributed by atoms with Crippen LogP contribution < -0.4 is 9.75 Å². The minimum absolute atomic E-state index is 0.0884. The highest BCUT2D eigenvalue weighted by atomic mass is 16.5. The third-order valence-corrected chi connectivity index (χ3v) is 8.06. The van der Waals surface area contributed by atoms with Crippen LogP contribution in [0.1, 0.15) is 99.5 Å². The SMILES string of the molecule is CCCCCCCCCCCCOc1ccc(/C=C/C(=O)c2ccc(N=CC3C(=O)N(c4ccc(C)cc4)N=C3C)cc2)cc1. The number of aryl methyl sites for hydroxylation is 1. The lowest BCUT2D eigenvalue weighted by atomic mass is 10.1. The Morgan fingerprint density at radius 3 is 2.09 bits per heavy atom. The fourth-order valence-corrected chi connectivity index (χ4v) is 5.22. The molecule has 45 heavy (non-hydrogen) atoms. The molecule has 236 valence electrons. The molecule has 1 heterocycles. The van der Waals surface area contributed by atoms with Crippen LogP contribution in [0.25, 0.3) is 6.08 Å². The quantitative estimate of drug-likeness (QED) is 0.0627. The highest BCUT2D eigenvalue weighted by Crippen LogP contribution is 2.24. The number of nitrogens with zero attached hydrogens (tertiary/aromatic N) is 3. The molecule has 0 fully saturated rings. The van der Waals surface area contributed by atoms with Crippen molar-refractivity contribution in [2.75, 3.05) is 11.6 Å². The Hall–Kier alpha value is -4.32. The molecule has 0 aromatic heterocycles. The molecule has 0 saturated heterocycles. The maximum Gasteiger partial charge on any atom is 0.261 e. The summed E-state index contributed by atoms with van der Waals surface area (Å²) < 4.78 is 5.90. The predicted molar refractivity (Wildman–Crippen MR) is 187 cm³/mol. The largest absolute Gasteiger partial charge is 0.494 e. The summed E-state index contributed by atoms with van der Waals surface area (Å²) in [6.07, 6.45) is 18.1. The summed E-state index contributed by atoms with van der Waals surface area (Å²) in [4.78, 5) is 30.2. The van der Waals surface area contributed by atoms with E-state index in [0.29, 0.717) is 17.0 Å². The number of ketones is 1. The number of allylic oxidation sites excluding steroid dienone is 1. The van der Waals surface area contributed by atoms with Gasteiger partial charge < -0.3 is 4.74 Å². The monoisotopic (exact) mass is 605 g/mol. The topological polar surface area (TPSA) is 71.3 Å². The number of ether oxygens (including phenoxy) is 1. The van der Waals surface area contributed by atoms with E-state index in [1.165, 1.54) is 62.8 Å². The minimum Gasteiger partial charge on any atom is -0.494 e. The molecule has 1 amide bonds. The van der Waals surface area contributed by atoms with Gasteiger partial charge in [0.2, 0.25) is 0 Å². The van der Waals surface area contributed by atoms with Crippen LogP contribution >= 0.6 is 0 Å². The molecule has 0 spiro atoms. The molecule has 1 unspecified atom stereocenters. The van der Waals surface area contributed by atoms with Crippen molar-refractivity contribution in [3.8, 4) is 5.75 Å². The lowest BCUT2D eigenvalue weighted by molar-refractivity contribution is -0.118. The summed E-state index contributed by atoms with van der Waals surface area (Å²) in [5, 5.41) is 5.87. The zero-order chi connectivity index (χ0) is 31.9. The number of hydrazone groups is 1. The van der Waals surface area contributed by atoms with Gasteiger partial charge in [-0.1, -0.05) is 101 Å². The summed E-state index contributed by atoms with van der Waals surface area (Å²) in [6.45, 7) is 6.83. The van der Waals surface area contributed by atoms with E-state index >= 15 is 0 Å². The number of hydrogen-bond acceptors (Lipinski definition) is 5. The van der Waals surface area contributed by atoms with Crippen LogP contribution in [0.2, 0.25) is 0 Å². The van der Waals surface area contributed by atoms with Crippen molar-refractivity contribution in [1.82, 2.24) is 0 Å². The van der Waals surface area contributed by atoms with Gasteiger partial charge >= 0.3 is 0 Å². The Labute approximate surface area is 268 Å². The third-order valence-electron chi connectivity index (χ3n) is 8.06. The molecular weight excluding hydrogens is 558 g/mol. The number of aliphatic imine (C=N–C) groups is 1. The normalized spacial score (nSPS) is 14.9. The Morgan fingerprint density at radius 2 is 1.44 bits per heavy atom.